The minimum Gasteiger partial charge on any atom is -0.322 e. The molecule has 0 radical (unpaired) electrons. The first kappa shape index (κ1) is 22.0. The molecule has 0 saturated carbocycles. The summed E-state index contributed by atoms with van der Waals surface area (Å²) in [5.74, 6) is -2.21. The molecule has 4 rings (SSSR count). The number of aromatic nitrogens is 1. The second-order valence-electron chi connectivity index (χ2n) is 6.64. The quantitative estimate of drug-likeness (QED) is 0.539. The standard InChI is InChI=1S/C21H14BrF2N3O2.ClH/c22-17-9-14(27-20(28)15-3-1-2-4-16(15)21(27)29)10-26-19(17)18(25)7-11-5-12(23)8-13(24)6-11;/h1-6,8-10,18H,7,25H2;1H. The monoisotopic (exact) mass is 493 g/mol. The van der Waals surface area contributed by atoms with Crippen LogP contribution in [0.3, 0.4) is 0 Å². The molecule has 3 aromatic rings. The van der Waals surface area contributed by atoms with Gasteiger partial charge >= 0.3 is 0 Å². The Kier molecular flexibility index (Phi) is 6.30. The first-order chi connectivity index (χ1) is 13.8. The third kappa shape index (κ3) is 3.98. The van der Waals surface area contributed by atoms with E-state index in [1.165, 1.54) is 18.3 Å². The number of rotatable bonds is 4. The highest BCUT2D eigenvalue weighted by atomic mass is 79.9. The normalized spacial score (nSPS) is 13.8. The molecular formula is C21H15BrClF2N3O2. The number of fused-ring (bicyclic) bond motifs is 1. The topological polar surface area (TPSA) is 76.3 Å². The summed E-state index contributed by atoms with van der Waals surface area (Å²) in [6.45, 7) is 0. The third-order valence-electron chi connectivity index (χ3n) is 4.64. The first-order valence-electron chi connectivity index (χ1n) is 8.69. The maximum Gasteiger partial charge on any atom is 0.266 e. The lowest BCUT2D eigenvalue weighted by Crippen LogP contribution is -2.29. The summed E-state index contributed by atoms with van der Waals surface area (Å²) in [6, 6.07) is 10.7. The molecule has 2 heterocycles. The lowest BCUT2D eigenvalue weighted by molar-refractivity contribution is 0.0926. The SMILES string of the molecule is Cl.NC(Cc1cc(F)cc(F)c1)c1ncc(N2C(=O)c3ccccc3C2=O)cc1Br. The van der Waals surface area contributed by atoms with Crippen molar-refractivity contribution < 1.29 is 18.4 Å². The summed E-state index contributed by atoms with van der Waals surface area (Å²) in [5.41, 5.74) is 7.98. The molecule has 1 unspecified atom stereocenters. The van der Waals surface area contributed by atoms with Crippen molar-refractivity contribution in [2.75, 3.05) is 4.90 Å². The van der Waals surface area contributed by atoms with Gasteiger partial charge in [-0.3, -0.25) is 14.6 Å². The summed E-state index contributed by atoms with van der Waals surface area (Å²) in [5, 5.41) is 0. The van der Waals surface area contributed by atoms with Crippen LogP contribution in [0.25, 0.3) is 0 Å². The molecule has 0 aliphatic carbocycles. The summed E-state index contributed by atoms with van der Waals surface area (Å²) in [7, 11) is 0. The Bertz CT molecular complexity index is 1100. The minimum absolute atomic E-state index is 0. The zero-order valence-electron chi connectivity index (χ0n) is 15.3. The van der Waals surface area contributed by atoms with Crippen molar-refractivity contribution in [2.24, 2.45) is 5.73 Å². The van der Waals surface area contributed by atoms with Crippen LogP contribution < -0.4 is 10.6 Å². The van der Waals surface area contributed by atoms with E-state index in [-0.39, 0.29) is 18.8 Å². The summed E-state index contributed by atoms with van der Waals surface area (Å²) in [6.07, 6.45) is 1.54. The third-order valence-corrected chi connectivity index (χ3v) is 5.27. The van der Waals surface area contributed by atoms with Gasteiger partial charge in [-0.1, -0.05) is 12.1 Å². The number of anilines is 1. The highest BCUT2D eigenvalue weighted by Gasteiger charge is 2.36. The average Bonchev–Trinajstić information content (AvgIpc) is 2.91. The van der Waals surface area contributed by atoms with E-state index in [1.807, 2.05) is 0 Å². The van der Waals surface area contributed by atoms with E-state index in [0.29, 0.717) is 32.5 Å². The number of carbonyl (C=O) groups is 2. The van der Waals surface area contributed by atoms with E-state index in [9.17, 15) is 18.4 Å². The molecule has 0 saturated heterocycles. The van der Waals surface area contributed by atoms with Gasteiger partial charge in [0.15, 0.2) is 0 Å². The number of nitrogens with two attached hydrogens (primary N) is 1. The Balaban J connectivity index is 0.00000256. The highest BCUT2D eigenvalue weighted by Crippen LogP contribution is 2.32. The zero-order chi connectivity index (χ0) is 20.7. The van der Waals surface area contributed by atoms with Crippen LogP contribution >= 0.6 is 28.3 Å². The van der Waals surface area contributed by atoms with Crippen molar-refractivity contribution in [3.63, 3.8) is 0 Å². The Morgan fingerprint density at radius 3 is 2.10 bits per heavy atom. The number of nitrogens with zero attached hydrogens (tertiary/aromatic N) is 2. The zero-order valence-corrected chi connectivity index (χ0v) is 17.7. The predicted molar refractivity (Wildman–Crippen MR) is 114 cm³/mol. The van der Waals surface area contributed by atoms with Gasteiger partial charge in [0.05, 0.1) is 34.7 Å². The number of benzene rings is 2. The first-order valence-corrected chi connectivity index (χ1v) is 9.48. The molecule has 0 spiro atoms. The molecule has 1 aliphatic heterocycles. The Hall–Kier alpha value is -2.68. The van der Waals surface area contributed by atoms with Gasteiger partial charge in [-0.05, 0) is 58.2 Å². The summed E-state index contributed by atoms with van der Waals surface area (Å²) >= 11 is 3.37. The van der Waals surface area contributed by atoms with Gasteiger partial charge in [0, 0.05) is 10.5 Å². The van der Waals surface area contributed by atoms with Crippen molar-refractivity contribution in [3.05, 3.63) is 93.2 Å². The van der Waals surface area contributed by atoms with E-state index in [1.54, 1.807) is 30.3 Å². The maximum absolute atomic E-state index is 13.4. The van der Waals surface area contributed by atoms with E-state index >= 15 is 0 Å². The molecule has 2 N–H and O–H groups in total. The molecular weight excluding hydrogens is 480 g/mol. The van der Waals surface area contributed by atoms with Crippen molar-refractivity contribution in [1.82, 2.24) is 4.98 Å². The fourth-order valence-corrected chi connectivity index (χ4v) is 3.97. The van der Waals surface area contributed by atoms with Crippen molar-refractivity contribution in [3.8, 4) is 0 Å². The van der Waals surface area contributed by atoms with Crippen molar-refractivity contribution in [2.45, 2.75) is 12.5 Å². The van der Waals surface area contributed by atoms with Crippen LogP contribution in [0.15, 0.2) is 59.2 Å². The number of hydrogen-bond donors (Lipinski definition) is 1. The van der Waals surface area contributed by atoms with Crippen LogP contribution in [0.4, 0.5) is 14.5 Å². The molecule has 154 valence electrons. The maximum atomic E-state index is 13.4. The van der Waals surface area contributed by atoms with E-state index in [0.717, 1.165) is 11.0 Å². The minimum atomic E-state index is -0.680. The number of carbonyl (C=O) groups excluding carboxylic acids is 2. The lowest BCUT2D eigenvalue weighted by atomic mass is 10.0. The molecule has 9 heteroatoms. The molecule has 2 amide bonds. The van der Waals surface area contributed by atoms with Gasteiger partial charge in [-0.25, -0.2) is 13.7 Å². The van der Waals surface area contributed by atoms with Crippen LogP contribution in [0.2, 0.25) is 0 Å². The average molecular weight is 495 g/mol. The number of halogens is 4. The number of hydrogen-bond acceptors (Lipinski definition) is 4. The summed E-state index contributed by atoms with van der Waals surface area (Å²) in [4.78, 5) is 30.6. The Morgan fingerprint density at radius 1 is 1.00 bits per heavy atom. The van der Waals surface area contributed by atoms with Crippen molar-refractivity contribution in [1.29, 1.82) is 0 Å². The van der Waals surface area contributed by atoms with E-state index in [2.05, 4.69) is 20.9 Å². The summed E-state index contributed by atoms with van der Waals surface area (Å²) < 4.78 is 27.3. The lowest BCUT2D eigenvalue weighted by Gasteiger charge is -2.17. The smallest absolute Gasteiger partial charge is 0.266 e. The van der Waals surface area contributed by atoms with Crippen LogP contribution in [-0.4, -0.2) is 16.8 Å². The second-order valence-corrected chi connectivity index (χ2v) is 7.49. The molecule has 0 bridgehead atoms. The van der Waals surface area contributed by atoms with Gasteiger partial charge < -0.3 is 5.73 Å². The van der Waals surface area contributed by atoms with Crippen molar-refractivity contribution >= 4 is 45.8 Å². The van der Waals surface area contributed by atoms with Gasteiger partial charge in [-0.15, -0.1) is 12.4 Å². The van der Waals surface area contributed by atoms with Gasteiger partial charge in [0.1, 0.15) is 11.6 Å². The van der Waals surface area contributed by atoms with Crippen LogP contribution in [0.5, 0.6) is 0 Å². The van der Waals surface area contributed by atoms with E-state index in [4.69, 9.17) is 5.73 Å². The molecule has 1 atom stereocenters. The fourth-order valence-electron chi connectivity index (χ4n) is 3.34. The predicted octanol–water partition coefficient (Wildman–Crippen LogP) is 4.59. The number of amides is 2. The van der Waals surface area contributed by atoms with E-state index < -0.39 is 29.5 Å². The molecule has 2 aromatic carbocycles. The Labute approximate surface area is 185 Å². The van der Waals surface area contributed by atoms with Crippen LogP contribution in [0.1, 0.15) is 38.0 Å². The molecule has 5 nitrogen and oxygen atoms in total. The highest BCUT2D eigenvalue weighted by molar-refractivity contribution is 9.10. The molecule has 1 aromatic heterocycles. The number of imide groups is 1. The Morgan fingerprint density at radius 2 is 1.57 bits per heavy atom. The van der Waals surface area contributed by atoms with Gasteiger partial charge in [-0.2, -0.15) is 0 Å². The number of pyridine rings is 1. The molecule has 1 aliphatic rings. The van der Waals surface area contributed by atoms with Crippen LogP contribution in [-0.2, 0) is 6.42 Å². The molecule has 0 fully saturated rings. The largest absolute Gasteiger partial charge is 0.322 e. The fraction of sp³-hybridized carbons (Fsp3) is 0.0952. The second kappa shape index (κ2) is 8.59. The van der Waals surface area contributed by atoms with Gasteiger partial charge in [0.25, 0.3) is 11.8 Å². The van der Waals surface area contributed by atoms with Crippen LogP contribution in [0, 0.1) is 11.6 Å². The molecule has 30 heavy (non-hydrogen) atoms. The van der Waals surface area contributed by atoms with Gasteiger partial charge in [0.2, 0.25) is 0 Å².